The molecule has 2 heterocycles. The van der Waals surface area contributed by atoms with Crippen molar-refractivity contribution in [1.82, 2.24) is 10.2 Å². The van der Waals surface area contributed by atoms with Gasteiger partial charge in [0.15, 0.2) is 0 Å². The Labute approximate surface area is 145 Å². The molecule has 0 aliphatic carbocycles. The summed E-state index contributed by atoms with van der Waals surface area (Å²) < 4.78 is 14.3. The molecular formula is C18H21FN2O4. The maximum Gasteiger partial charge on any atom is 0.255 e. The zero-order valence-electron chi connectivity index (χ0n) is 13.9. The summed E-state index contributed by atoms with van der Waals surface area (Å²) in [6, 6.07) is 2.27. The number of halogens is 1. The fourth-order valence-electron chi connectivity index (χ4n) is 3.44. The van der Waals surface area contributed by atoms with Crippen LogP contribution in [0.2, 0.25) is 0 Å². The van der Waals surface area contributed by atoms with Crippen LogP contribution >= 0.6 is 0 Å². The summed E-state index contributed by atoms with van der Waals surface area (Å²) in [5.74, 6) is -1.58. The summed E-state index contributed by atoms with van der Waals surface area (Å²) in [4.78, 5) is 37.2. The number of benzene rings is 1. The summed E-state index contributed by atoms with van der Waals surface area (Å²) in [7, 11) is 0. The number of piperidine rings is 1. The lowest BCUT2D eigenvalue weighted by molar-refractivity contribution is -0.136. The lowest BCUT2D eigenvalue weighted by atomic mass is 10.0. The molecule has 1 aromatic rings. The first-order valence-corrected chi connectivity index (χ1v) is 8.58. The molecule has 3 amide bonds. The third-order valence-corrected chi connectivity index (χ3v) is 4.79. The second-order valence-corrected chi connectivity index (χ2v) is 6.53. The molecular weight excluding hydrogens is 327 g/mol. The van der Waals surface area contributed by atoms with Crippen molar-refractivity contribution in [3.8, 4) is 0 Å². The predicted molar refractivity (Wildman–Crippen MR) is 87.1 cm³/mol. The molecule has 134 valence electrons. The summed E-state index contributed by atoms with van der Waals surface area (Å²) >= 11 is 0. The van der Waals surface area contributed by atoms with Crippen LogP contribution in [0, 0.1) is 5.82 Å². The van der Waals surface area contributed by atoms with Crippen LogP contribution < -0.4 is 5.32 Å². The minimum atomic E-state index is -0.686. The molecule has 0 aromatic heterocycles. The van der Waals surface area contributed by atoms with Crippen LogP contribution in [-0.2, 0) is 22.6 Å². The Morgan fingerprint density at radius 2 is 2.00 bits per heavy atom. The van der Waals surface area contributed by atoms with Gasteiger partial charge in [0.05, 0.1) is 0 Å². The van der Waals surface area contributed by atoms with Crippen molar-refractivity contribution in [2.45, 2.75) is 51.1 Å². The van der Waals surface area contributed by atoms with Crippen molar-refractivity contribution in [3.05, 3.63) is 34.6 Å². The molecule has 6 nitrogen and oxygen atoms in total. The molecule has 0 saturated carbocycles. The van der Waals surface area contributed by atoms with Gasteiger partial charge in [-0.05, 0) is 42.9 Å². The average molecular weight is 348 g/mol. The van der Waals surface area contributed by atoms with E-state index in [1.54, 1.807) is 6.07 Å². The van der Waals surface area contributed by atoms with E-state index in [1.807, 2.05) is 0 Å². The van der Waals surface area contributed by atoms with Gasteiger partial charge in [-0.3, -0.25) is 19.7 Å². The number of carbonyl (C=O) groups excluding carboxylic acids is 3. The number of hydrogen-bond acceptors (Lipinski definition) is 4. The van der Waals surface area contributed by atoms with E-state index in [2.05, 4.69) is 5.32 Å². The van der Waals surface area contributed by atoms with Crippen LogP contribution in [0.25, 0.3) is 0 Å². The van der Waals surface area contributed by atoms with E-state index in [0.29, 0.717) is 36.0 Å². The van der Waals surface area contributed by atoms with Crippen LogP contribution in [0.4, 0.5) is 4.39 Å². The summed E-state index contributed by atoms with van der Waals surface area (Å²) in [6.45, 7) is 0.381. The van der Waals surface area contributed by atoms with Crippen molar-refractivity contribution in [3.63, 3.8) is 0 Å². The Morgan fingerprint density at radius 1 is 1.20 bits per heavy atom. The molecule has 1 saturated heterocycles. The summed E-state index contributed by atoms with van der Waals surface area (Å²) in [5.41, 5.74) is 1.56. The largest absolute Gasteiger partial charge is 0.396 e. The van der Waals surface area contributed by atoms with E-state index in [1.165, 1.54) is 11.0 Å². The fourth-order valence-corrected chi connectivity index (χ4v) is 3.44. The van der Waals surface area contributed by atoms with E-state index >= 15 is 0 Å². The summed E-state index contributed by atoms with van der Waals surface area (Å²) in [6.07, 6.45) is 3.30. The number of imide groups is 1. The zero-order chi connectivity index (χ0) is 18.0. The predicted octanol–water partition coefficient (Wildman–Crippen LogP) is 1.29. The number of hydrogen-bond donors (Lipinski definition) is 2. The second-order valence-electron chi connectivity index (χ2n) is 6.53. The van der Waals surface area contributed by atoms with Crippen LogP contribution in [0.5, 0.6) is 0 Å². The highest BCUT2D eigenvalue weighted by Crippen LogP contribution is 2.30. The van der Waals surface area contributed by atoms with Crippen molar-refractivity contribution in [1.29, 1.82) is 0 Å². The van der Waals surface area contributed by atoms with E-state index in [4.69, 9.17) is 5.11 Å². The molecule has 1 aromatic carbocycles. The van der Waals surface area contributed by atoms with Crippen molar-refractivity contribution >= 4 is 17.7 Å². The van der Waals surface area contributed by atoms with Gasteiger partial charge in [0.2, 0.25) is 11.8 Å². The molecule has 3 rings (SSSR count). The molecule has 2 N–H and O–H groups in total. The number of nitrogens with zero attached hydrogens (tertiary/aromatic N) is 1. The summed E-state index contributed by atoms with van der Waals surface area (Å²) in [5, 5.41) is 11.0. The van der Waals surface area contributed by atoms with Gasteiger partial charge in [-0.15, -0.1) is 0 Å². The smallest absolute Gasteiger partial charge is 0.255 e. The lowest BCUT2D eigenvalue weighted by Crippen LogP contribution is -2.52. The highest BCUT2D eigenvalue weighted by atomic mass is 19.1. The van der Waals surface area contributed by atoms with Gasteiger partial charge < -0.3 is 10.0 Å². The molecule has 1 fully saturated rings. The standard InChI is InChI=1S/C18H21FN2O4/c19-14-9-13-12(8-11(14)4-2-1-3-7-22)10-21(18(13)25)15-5-6-16(23)20-17(15)24/h8-9,15,22H,1-7,10H2,(H,20,23,24). The molecule has 25 heavy (non-hydrogen) atoms. The Hall–Kier alpha value is -2.28. The van der Waals surface area contributed by atoms with Crippen molar-refractivity contribution < 1.29 is 23.9 Å². The van der Waals surface area contributed by atoms with E-state index in [-0.39, 0.29) is 31.4 Å². The number of aryl methyl sites for hydroxylation is 1. The Balaban J connectivity index is 1.74. The SMILES string of the molecule is O=C1CCC(N2Cc3cc(CCCCCO)c(F)cc3C2=O)C(=O)N1. The van der Waals surface area contributed by atoms with Gasteiger partial charge in [0.1, 0.15) is 11.9 Å². The van der Waals surface area contributed by atoms with Gasteiger partial charge in [-0.1, -0.05) is 12.5 Å². The first-order chi connectivity index (χ1) is 12.0. The number of rotatable bonds is 6. The number of amides is 3. The molecule has 0 spiro atoms. The average Bonchev–Trinajstić information content (AvgIpc) is 2.88. The lowest BCUT2D eigenvalue weighted by Gasteiger charge is -2.29. The second kappa shape index (κ2) is 7.31. The van der Waals surface area contributed by atoms with E-state index in [0.717, 1.165) is 12.8 Å². The number of aliphatic hydroxyl groups excluding tert-OH is 1. The molecule has 2 aliphatic heterocycles. The van der Waals surface area contributed by atoms with Gasteiger partial charge >= 0.3 is 0 Å². The van der Waals surface area contributed by atoms with Crippen LogP contribution in [0.15, 0.2) is 12.1 Å². The first-order valence-electron chi connectivity index (χ1n) is 8.58. The fraction of sp³-hybridized carbons (Fsp3) is 0.500. The van der Waals surface area contributed by atoms with Crippen LogP contribution in [-0.4, -0.2) is 40.4 Å². The van der Waals surface area contributed by atoms with E-state index in [9.17, 15) is 18.8 Å². The zero-order valence-corrected chi connectivity index (χ0v) is 13.9. The number of nitrogens with one attached hydrogen (secondary N) is 1. The van der Waals surface area contributed by atoms with Crippen molar-refractivity contribution in [2.24, 2.45) is 0 Å². The van der Waals surface area contributed by atoms with Gasteiger partial charge in [0, 0.05) is 25.1 Å². The molecule has 2 aliphatic rings. The molecule has 1 unspecified atom stereocenters. The van der Waals surface area contributed by atoms with Crippen LogP contribution in [0.1, 0.15) is 53.6 Å². The Bertz CT molecular complexity index is 719. The Morgan fingerprint density at radius 3 is 2.72 bits per heavy atom. The number of unbranched alkanes of at least 4 members (excludes halogenated alkanes) is 2. The maximum absolute atomic E-state index is 14.3. The normalized spacial score (nSPS) is 20.0. The van der Waals surface area contributed by atoms with Gasteiger partial charge in [-0.2, -0.15) is 0 Å². The first kappa shape index (κ1) is 17.5. The van der Waals surface area contributed by atoms with Crippen molar-refractivity contribution in [2.75, 3.05) is 6.61 Å². The highest BCUT2D eigenvalue weighted by molar-refractivity contribution is 6.05. The number of aliphatic hydroxyl groups is 1. The molecule has 1 atom stereocenters. The molecule has 0 bridgehead atoms. The minimum Gasteiger partial charge on any atom is -0.396 e. The van der Waals surface area contributed by atoms with Gasteiger partial charge in [0.25, 0.3) is 5.91 Å². The van der Waals surface area contributed by atoms with Crippen LogP contribution in [0.3, 0.4) is 0 Å². The quantitative estimate of drug-likeness (QED) is 0.599. The highest BCUT2D eigenvalue weighted by Gasteiger charge is 2.39. The third kappa shape index (κ3) is 3.56. The topological polar surface area (TPSA) is 86.7 Å². The maximum atomic E-state index is 14.3. The molecule has 0 radical (unpaired) electrons. The third-order valence-electron chi connectivity index (χ3n) is 4.79. The number of carbonyl (C=O) groups is 3. The monoisotopic (exact) mass is 348 g/mol. The number of fused-ring (bicyclic) bond motifs is 1. The Kier molecular flexibility index (Phi) is 5.13. The van der Waals surface area contributed by atoms with E-state index < -0.39 is 17.8 Å². The van der Waals surface area contributed by atoms with Gasteiger partial charge in [-0.25, -0.2) is 4.39 Å². The molecule has 7 heteroatoms. The minimum absolute atomic E-state index is 0.127.